The molecule has 1 saturated carbocycles. The first kappa shape index (κ1) is 34.0. The number of ether oxygens (including phenoxy) is 7. The molecule has 0 N–H and O–H groups in total. The van der Waals surface area contributed by atoms with Gasteiger partial charge in [0.1, 0.15) is 30.6 Å². The highest BCUT2D eigenvalue weighted by atomic mass is 28.4. The zero-order valence-electron chi connectivity index (χ0n) is 28.3. The Morgan fingerprint density at radius 2 is 1.53 bits per heavy atom. The number of carbonyl (C=O) groups excluding carboxylic acids is 1. The quantitative estimate of drug-likeness (QED) is 0.0962. The number of nitrogens with zero attached hydrogens (tertiary/aromatic N) is 3. The lowest BCUT2D eigenvalue weighted by Crippen LogP contribution is -2.81. The molecule has 1 aliphatic carbocycles. The summed E-state index contributed by atoms with van der Waals surface area (Å²) in [5.41, 5.74) is 7.23. The van der Waals surface area contributed by atoms with Crippen LogP contribution in [0.2, 0.25) is 5.04 Å². The Hall–Kier alpha value is -2.84. The number of fused-ring (bicyclic) bond motifs is 6. The van der Waals surface area contributed by atoms with E-state index in [0.29, 0.717) is 0 Å². The molecule has 2 bridgehead atoms. The van der Waals surface area contributed by atoms with E-state index >= 15 is 0 Å². The molecule has 4 unspecified atom stereocenters. The molecule has 3 aliphatic heterocycles. The van der Waals surface area contributed by atoms with E-state index in [4.69, 9.17) is 37.6 Å². The van der Waals surface area contributed by atoms with Crippen molar-refractivity contribution in [2.45, 2.75) is 101 Å². The van der Waals surface area contributed by atoms with Crippen LogP contribution in [-0.2, 0) is 42.4 Å². The molecule has 47 heavy (non-hydrogen) atoms. The van der Waals surface area contributed by atoms with Crippen LogP contribution in [0.3, 0.4) is 0 Å². The maximum absolute atomic E-state index is 14.0. The van der Waals surface area contributed by atoms with Crippen LogP contribution in [0.4, 0.5) is 0 Å². The normalized spacial score (nSPS) is 34.0. The predicted molar refractivity (Wildman–Crippen MR) is 173 cm³/mol. The molecule has 254 valence electrons. The molecule has 12 nitrogen and oxygen atoms in total. The molecule has 4 aliphatic rings. The molecule has 3 saturated heterocycles. The van der Waals surface area contributed by atoms with Crippen molar-refractivity contribution in [2.24, 2.45) is 11.0 Å². The molecular weight excluding hydrogens is 622 g/mol. The summed E-state index contributed by atoms with van der Waals surface area (Å²) in [5, 5.41) is 6.21. The van der Waals surface area contributed by atoms with Crippen molar-refractivity contribution in [1.29, 1.82) is 0 Å². The smallest absolute Gasteiger partial charge is 0.336 e. The average molecular weight is 668 g/mol. The highest BCUT2D eigenvalue weighted by molar-refractivity contribution is 6.99. The molecule has 3 heterocycles. The molecular formula is C34H45N3O9Si. The summed E-state index contributed by atoms with van der Waals surface area (Å²) in [7, 11) is -1.68. The minimum Gasteiger partial charge on any atom is -0.457 e. The van der Waals surface area contributed by atoms with Gasteiger partial charge in [-0.05, 0) is 48.6 Å². The second-order valence-electron chi connectivity index (χ2n) is 14.7. The van der Waals surface area contributed by atoms with Crippen LogP contribution < -0.4 is 10.4 Å². The maximum Gasteiger partial charge on any atom is 0.336 e. The van der Waals surface area contributed by atoms with Gasteiger partial charge in [0.15, 0.2) is 23.3 Å². The predicted octanol–water partition coefficient (Wildman–Crippen LogP) is 4.20. The standard InChI is InChI=1S/C34H45N3O9Si/c1-30(2,3)47(22-15-11-9-12-16-22,23-17-13-10-14-18-23)42-19-24-25-33(20-41-31(4,5)46-33)26-27(45-32(6,7)44-26)34(24,36-37-35)28(29(38)43-25)40-21-39-8/h9-18,24-28H,19-21H2,1-8H3/t24?,25?,26?,27?,28-,33+,34-/m1/s1. The second-order valence-corrected chi connectivity index (χ2v) is 19.0. The van der Waals surface area contributed by atoms with Gasteiger partial charge in [0.05, 0.1) is 6.61 Å². The van der Waals surface area contributed by atoms with Gasteiger partial charge in [-0.1, -0.05) is 86.5 Å². The van der Waals surface area contributed by atoms with Crippen molar-refractivity contribution < 1.29 is 42.4 Å². The average Bonchev–Trinajstić information content (AvgIpc) is 3.53. The fraction of sp³-hybridized carbons (Fsp3) is 0.618. The van der Waals surface area contributed by atoms with Crippen molar-refractivity contribution in [3.63, 3.8) is 0 Å². The summed E-state index contributed by atoms with van der Waals surface area (Å²) in [4.78, 5) is 17.3. The number of hydrogen-bond donors (Lipinski definition) is 0. The topological polar surface area (TPSA) is 140 Å². The van der Waals surface area contributed by atoms with E-state index in [-0.39, 0.29) is 25.0 Å². The third-order valence-corrected chi connectivity index (χ3v) is 14.9. The number of carbonyl (C=O) groups is 1. The number of rotatable bonds is 9. The molecule has 0 amide bonds. The van der Waals surface area contributed by atoms with Gasteiger partial charge in [0, 0.05) is 24.5 Å². The van der Waals surface area contributed by atoms with Gasteiger partial charge in [-0.2, -0.15) is 0 Å². The molecule has 13 heteroatoms. The monoisotopic (exact) mass is 667 g/mol. The fourth-order valence-corrected chi connectivity index (χ4v) is 12.8. The van der Waals surface area contributed by atoms with Gasteiger partial charge in [-0.25, -0.2) is 4.79 Å². The Morgan fingerprint density at radius 1 is 0.936 bits per heavy atom. The third kappa shape index (κ3) is 5.33. The minimum atomic E-state index is -3.13. The zero-order valence-corrected chi connectivity index (χ0v) is 29.3. The summed E-state index contributed by atoms with van der Waals surface area (Å²) in [6.07, 6.45) is -4.24. The molecule has 0 aromatic heterocycles. The van der Waals surface area contributed by atoms with E-state index in [1.165, 1.54) is 7.11 Å². The van der Waals surface area contributed by atoms with E-state index in [1.54, 1.807) is 27.7 Å². The van der Waals surface area contributed by atoms with E-state index in [0.717, 1.165) is 10.4 Å². The number of methoxy groups -OCH3 is 1. The summed E-state index contributed by atoms with van der Waals surface area (Å²) >= 11 is 0. The van der Waals surface area contributed by atoms with Crippen molar-refractivity contribution in [1.82, 2.24) is 0 Å². The molecule has 4 fully saturated rings. The highest BCUT2D eigenvalue weighted by Crippen LogP contribution is 2.59. The lowest BCUT2D eigenvalue weighted by atomic mass is 9.58. The van der Waals surface area contributed by atoms with Crippen LogP contribution in [0.25, 0.3) is 10.4 Å². The van der Waals surface area contributed by atoms with E-state index in [1.807, 2.05) is 36.4 Å². The maximum atomic E-state index is 14.0. The fourth-order valence-electron chi connectivity index (χ4n) is 8.19. The first-order chi connectivity index (χ1) is 22.2. The lowest BCUT2D eigenvalue weighted by Gasteiger charge is -2.60. The van der Waals surface area contributed by atoms with Crippen LogP contribution in [0.15, 0.2) is 65.8 Å². The number of hydrogen-bond acceptors (Lipinski definition) is 10. The van der Waals surface area contributed by atoms with Gasteiger partial charge in [0.2, 0.25) is 0 Å². The van der Waals surface area contributed by atoms with Crippen molar-refractivity contribution in [3.8, 4) is 0 Å². The Bertz CT molecular complexity index is 1470. The van der Waals surface area contributed by atoms with Crippen LogP contribution in [0.1, 0.15) is 48.5 Å². The molecule has 1 spiro atoms. The summed E-state index contributed by atoms with van der Waals surface area (Å²) in [6.45, 7) is 13.5. The van der Waals surface area contributed by atoms with Gasteiger partial charge in [-0.3, -0.25) is 0 Å². The second kappa shape index (κ2) is 11.9. The van der Waals surface area contributed by atoms with Crippen LogP contribution in [-0.4, -0.2) is 88.5 Å². The van der Waals surface area contributed by atoms with Crippen molar-refractivity contribution in [2.75, 3.05) is 27.1 Å². The van der Waals surface area contributed by atoms with E-state index in [2.05, 4.69) is 55.1 Å². The highest BCUT2D eigenvalue weighted by Gasteiger charge is 2.80. The molecule has 0 radical (unpaired) electrons. The number of esters is 1. The Balaban J connectivity index is 1.57. The minimum absolute atomic E-state index is 0.00956. The van der Waals surface area contributed by atoms with Gasteiger partial charge < -0.3 is 37.6 Å². The summed E-state index contributed by atoms with van der Waals surface area (Å²) in [6, 6.07) is 20.4. The Labute approximate surface area is 276 Å². The van der Waals surface area contributed by atoms with Crippen molar-refractivity contribution in [3.05, 3.63) is 71.1 Å². The van der Waals surface area contributed by atoms with Gasteiger partial charge >= 0.3 is 5.97 Å². The first-order valence-electron chi connectivity index (χ1n) is 16.0. The molecule has 2 aromatic rings. The van der Waals surface area contributed by atoms with Crippen molar-refractivity contribution >= 4 is 24.7 Å². The largest absolute Gasteiger partial charge is 0.457 e. The van der Waals surface area contributed by atoms with Crippen LogP contribution in [0.5, 0.6) is 0 Å². The SMILES string of the molecule is COCO[C@@H]1C(=O)OC2C(CO[Si](c3ccccc3)(c3ccccc3)C(C)(C)C)[C@@]1(N=[N+]=[N-])C1OC(C)(C)OC1[C@]21COC(C)(C)O1. The van der Waals surface area contributed by atoms with Gasteiger partial charge in [0.25, 0.3) is 8.32 Å². The lowest BCUT2D eigenvalue weighted by molar-refractivity contribution is -0.293. The number of benzene rings is 2. The first-order valence-corrected chi connectivity index (χ1v) is 17.9. The van der Waals surface area contributed by atoms with Gasteiger partial charge in [-0.15, -0.1) is 0 Å². The zero-order chi connectivity index (χ0) is 33.9. The van der Waals surface area contributed by atoms with E-state index < -0.39 is 67.3 Å². The van der Waals surface area contributed by atoms with Crippen LogP contribution in [0, 0.1) is 5.92 Å². The molecule has 2 aromatic carbocycles. The number of azide groups is 1. The third-order valence-electron chi connectivity index (χ3n) is 9.90. The van der Waals surface area contributed by atoms with Crippen LogP contribution >= 0.6 is 0 Å². The summed E-state index contributed by atoms with van der Waals surface area (Å²) < 4.78 is 51.1. The summed E-state index contributed by atoms with van der Waals surface area (Å²) in [5.74, 6) is -3.69. The molecule has 6 rings (SSSR count). The Kier molecular flexibility index (Phi) is 8.64. The Morgan fingerprint density at radius 3 is 2.04 bits per heavy atom. The molecule has 7 atom stereocenters. The van der Waals surface area contributed by atoms with E-state index in [9.17, 15) is 10.3 Å².